The minimum atomic E-state index is -0.775. The fourth-order valence-electron chi connectivity index (χ4n) is 2.10. The number of carbonyl (C=O) groups excluding carboxylic acids is 2. The van der Waals surface area contributed by atoms with Crippen LogP contribution < -0.4 is 4.74 Å². The van der Waals surface area contributed by atoms with Crippen molar-refractivity contribution >= 4 is 11.9 Å². The first-order valence-corrected chi connectivity index (χ1v) is 6.61. The summed E-state index contributed by atoms with van der Waals surface area (Å²) in [6.07, 6.45) is 2.61. The molecule has 6 nitrogen and oxygen atoms in total. The van der Waals surface area contributed by atoms with Crippen LogP contribution in [0.25, 0.3) is 0 Å². The van der Waals surface area contributed by atoms with E-state index in [9.17, 15) is 9.59 Å². The van der Waals surface area contributed by atoms with Crippen LogP contribution in [-0.4, -0.2) is 48.1 Å². The lowest BCUT2D eigenvalue weighted by atomic mass is 10.3. The number of hydrogen-bond acceptors (Lipinski definition) is 5. The first kappa shape index (κ1) is 14.3. The van der Waals surface area contributed by atoms with E-state index in [0.29, 0.717) is 11.4 Å². The van der Waals surface area contributed by atoms with Crippen LogP contribution >= 0.6 is 0 Å². The van der Waals surface area contributed by atoms with Gasteiger partial charge in [-0.2, -0.15) is 0 Å². The van der Waals surface area contributed by atoms with E-state index >= 15 is 0 Å². The van der Waals surface area contributed by atoms with E-state index < -0.39 is 12.1 Å². The molecule has 1 aliphatic rings. The summed E-state index contributed by atoms with van der Waals surface area (Å²) < 4.78 is 10.1. The Morgan fingerprint density at radius 2 is 2.00 bits per heavy atom. The van der Waals surface area contributed by atoms with Gasteiger partial charge in [0.15, 0.2) is 6.10 Å². The summed E-state index contributed by atoms with van der Waals surface area (Å²) in [5.74, 6) is -0.278. The normalized spacial score (nSPS) is 15.8. The number of aromatic nitrogens is 1. The molecule has 0 spiro atoms. The molecule has 1 saturated heterocycles. The highest BCUT2D eigenvalue weighted by molar-refractivity contribution is 5.92. The Morgan fingerprint density at radius 3 is 2.55 bits per heavy atom. The van der Waals surface area contributed by atoms with Crippen molar-refractivity contribution in [2.45, 2.75) is 25.9 Å². The zero-order chi connectivity index (χ0) is 14.5. The van der Waals surface area contributed by atoms with Gasteiger partial charge >= 0.3 is 5.97 Å². The second-order valence-electron chi connectivity index (χ2n) is 4.67. The molecule has 0 saturated carbocycles. The Labute approximate surface area is 117 Å². The SMILES string of the molecule is COc1ccc(C(=O)OC(C)C(=O)N2CCCC2)cn1. The molecule has 1 aliphatic heterocycles. The molecular formula is C14H18N2O4. The highest BCUT2D eigenvalue weighted by Crippen LogP contribution is 2.13. The minimum Gasteiger partial charge on any atom is -0.481 e. The van der Waals surface area contributed by atoms with Gasteiger partial charge in [-0.05, 0) is 25.8 Å². The molecule has 1 aromatic heterocycles. The van der Waals surface area contributed by atoms with Crippen molar-refractivity contribution in [3.8, 4) is 5.88 Å². The summed E-state index contributed by atoms with van der Waals surface area (Å²) in [6.45, 7) is 3.07. The Hall–Kier alpha value is -2.11. The van der Waals surface area contributed by atoms with Crippen LogP contribution in [0.5, 0.6) is 5.88 Å². The highest BCUT2D eigenvalue weighted by Gasteiger charge is 2.26. The largest absolute Gasteiger partial charge is 0.481 e. The zero-order valence-corrected chi connectivity index (χ0v) is 11.7. The third kappa shape index (κ3) is 3.26. The van der Waals surface area contributed by atoms with Gasteiger partial charge in [-0.25, -0.2) is 9.78 Å². The number of ether oxygens (including phenoxy) is 2. The lowest BCUT2D eigenvalue weighted by Gasteiger charge is -2.20. The highest BCUT2D eigenvalue weighted by atomic mass is 16.5. The Bertz CT molecular complexity index is 480. The van der Waals surface area contributed by atoms with Gasteiger partial charge in [-0.3, -0.25) is 4.79 Å². The molecule has 0 bridgehead atoms. The lowest BCUT2D eigenvalue weighted by molar-refractivity contribution is -0.138. The monoisotopic (exact) mass is 278 g/mol. The molecule has 1 atom stereocenters. The molecular weight excluding hydrogens is 260 g/mol. The maximum absolute atomic E-state index is 12.0. The van der Waals surface area contributed by atoms with E-state index in [1.165, 1.54) is 13.3 Å². The van der Waals surface area contributed by atoms with Gasteiger partial charge in [0.05, 0.1) is 12.7 Å². The molecule has 1 aromatic rings. The molecule has 2 rings (SSSR count). The van der Waals surface area contributed by atoms with E-state index in [-0.39, 0.29) is 5.91 Å². The molecule has 2 heterocycles. The van der Waals surface area contributed by atoms with Crippen LogP contribution in [0.4, 0.5) is 0 Å². The van der Waals surface area contributed by atoms with Crippen LogP contribution in [0.2, 0.25) is 0 Å². The third-order valence-corrected chi connectivity index (χ3v) is 3.23. The van der Waals surface area contributed by atoms with Gasteiger partial charge in [0, 0.05) is 25.4 Å². The average molecular weight is 278 g/mol. The van der Waals surface area contributed by atoms with E-state index in [1.54, 1.807) is 24.0 Å². The van der Waals surface area contributed by atoms with Crippen LogP contribution in [0.1, 0.15) is 30.1 Å². The van der Waals surface area contributed by atoms with E-state index in [4.69, 9.17) is 9.47 Å². The molecule has 0 aliphatic carbocycles. The summed E-state index contributed by atoms with van der Waals surface area (Å²) in [7, 11) is 1.50. The van der Waals surface area contributed by atoms with Crippen molar-refractivity contribution in [1.82, 2.24) is 9.88 Å². The predicted octanol–water partition coefficient (Wildman–Crippen LogP) is 1.26. The molecule has 0 N–H and O–H groups in total. The number of carbonyl (C=O) groups is 2. The van der Waals surface area contributed by atoms with Crippen molar-refractivity contribution in [1.29, 1.82) is 0 Å². The van der Waals surface area contributed by atoms with E-state index in [1.807, 2.05) is 0 Å². The molecule has 1 amide bonds. The summed E-state index contributed by atoms with van der Waals surface area (Å²) in [4.78, 5) is 29.6. The van der Waals surface area contributed by atoms with Crippen LogP contribution in [0.3, 0.4) is 0 Å². The lowest BCUT2D eigenvalue weighted by Crippen LogP contribution is -2.38. The molecule has 0 radical (unpaired) electrons. The number of rotatable bonds is 4. The summed E-state index contributed by atoms with van der Waals surface area (Å²) in [6, 6.07) is 3.13. The van der Waals surface area contributed by atoms with E-state index in [0.717, 1.165) is 25.9 Å². The van der Waals surface area contributed by atoms with Crippen LogP contribution in [0, 0.1) is 0 Å². The summed E-state index contributed by atoms with van der Waals surface area (Å²) in [5, 5.41) is 0. The van der Waals surface area contributed by atoms with Gasteiger partial charge in [-0.15, -0.1) is 0 Å². The maximum atomic E-state index is 12.0. The summed E-state index contributed by atoms with van der Waals surface area (Å²) >= 11 is 0. The first-order valence-electron chi connectivity index (χ1n) is 6.61. The standard InChI is InChI=1S/C14H18N2O4/c1-10(13(17)16-7-3-4-8-16)20-14(18)11-5-6-12(19-2)15-9-11/h5-6,9-10H,3-4,7-8H2,1-2H3. The van der Waals surface area contributed by atoms with Gasteiger partial charge in [0.2, 0.25) is 5.88 Å². The topological polar surface area (TPSA) is 68.7 Å². The number of amides is 1. The predicted molar refractivity (Wildman–Crippen MR) is 71.5 cm³/mol. The average Bonchev–Trinajstić information content (AvgIpc) is 3.00. The fourth-order valence-corrected chi connectivity index (χ4v) is 2.10. The van der Waals surface area contributed by atoms with E-state index in [2.05, 4.69) is 4.98 Å². The first-order chi connectivity index (χ1) is 9.61. The van der Waals surface area contributed by atoms with Crippen molar-refractivity contribution in [2.75, 3.05) is 20.2 Å². The number of methoxy groups -OCH3 is 1. The Kier molecular flexibility index (Phi) is 4.55. The summed E-state index contributed by atoms with van der Waals surface area (Å²) in [5.41, 5.74) is 0.298. The number of nitrogens with zero attached hydrogens (tertiary/aromatic N) is 2. The fraction of sp³-hybridized carbons (Fsp3) is 0.500. The number of esters is 1. The minimum absolute atomic E-state index is 0.141. The zero-order valence-electron chi connectivity index (χ0n) is 11.7. The van der Waals surface area contributed by atoms with Gasteiger partial charge in [0.25, 0.3) is 5.91 Å². The second kappa shape index (κ2) is 6.36. The Balaban J connectivity index is 1.93. The molecule has 1 unspecified atom stereocenters. The smallest absolute Gasteiger partial charge is 0.340 e. The molecule has 1 fully saturated rings. The van der Waals surface area contributed by atoms with Gasteiger partial charge in [0.1, 0.15) is 0 Å². The molecule has 20 heavy (non-hydrogen) atoms. The number of likely N-dealkylation sites (tertiary alicyclic amines) is 1. The molecule has 6 heteroatoms. The molecule has 108 valence electrons. The number of hydrogen-bond donors (Lipinski definition) is 0. The quantitative estimate of drug-likeness (QED) is 0.775. The third-order valence-electron chi connectivity index (χ3n) is 3.23. The number of pyridine rings is 1. The van der Waals surface area contributed by atoms with Gasteiger partial charge < -0.3 is 14.4 Å². The molecule has 0 aromatic carbocycles. The van der Waals surface area contributed by atoms with Crippen molar-refractivity contribution < 1.29 is 19.1 Å². The Morgan fingerprint density at radius 1 is 1.30 bits per heavy atom. The maximum Gasteiger partial charge on any atom is 0.340 e. The van der Waals surface area contributed by atoms with Crippen molar-refractivity contribution in [2.24, 2.45) is 0 Å². The van der Waals surface area contributed by atoms with Crippen LogP contribution in [0.15, 0.2) is 18.3 Å². The second-order valence-corrected chi connectivity index (χ2v) is 4.67. The van der Waals surface area contributed by atoms with Gasteiger partial charge in [-0.1, -0.05) is 0 Å². The van der Waals surface area contributed by atoms with Crippen molar-refractivity contribution in [3.63, 3.8) is 0 Å². The van der Waals surface area contributed by atoms with Crippen LogP contribution in [-0.2, 0) is 9.53 Å². The van der Waals surface area contributed by atoms with Crippen molar-refractivity contribution in [3.05, 3.63) is 23.9 Å².